The summed E-state index contributed by atoms with van der Waals surface area (Å²) in [5.41, 5.74) is 12.5. The Bertz CT molecular complexity index is 455. The molecule has 2 N–H and O–H groups in total. The quantitative estimate of drug-likeness (QED) is 0.808. The van der Waals surface area contributed by atoms with Gasteiger partial charge in [-0.2, -0.15) is 0 Å². The highest BCUT2D eigenvalue weighted by Crippen LogP contribution is 2.47. The van der Waals surface area contributed by atoms with Crippen molar-refractivity contribution >= 4 is 0 Å². The van der Waals surface area contributed by atoms with Crippen LogP contribution >= 0.6 is 0 Å². The van der Waals surface area contributed by atoms with Gasteiger partial charge in [0.2, 0.25) is 0 Å². The van der Waals surface area contributed by atoms with Crippen LogP contribution in [0.15, 0.2) is 12.1 Å². The summed E-state index contributed by atoms with van der Waals surface area (Å²) in [5.74, 6) is 1.14. The van der Waals surface area contributed by atoms with Crippen molar-refractivity contribution in [2.24, 2.45) is 5.73 Å². The highest BCUT2D eigenvalue weighted by atomic mass is 14.7. The molecule has 0 heterocycles. The molecule has 1 heteroatoms. The van der Waals surface area contributed by atoms with Crippen LogP contribution in [-0.4, -0.2) is 0 Å². The average Bonchev–Trinajstić information content (AvgIpc) is 2.48. The van der Waals surface area contributed by atoms with Gasteiger partial charge in [-0.25, -0.2) is 0 Å². The summed E-state index contributed by atoms with van der Waals surface area (Å²) in [7, 11) is 0. The van der Waals surface area contributed by atoms with Crippen molar-refractivity contribution in [1.82, 2.24) is 0 Å². The van der Waals surface area contributed by atoms with Gasteiger partial charge < -0.3 is 5.73 Å². The first-order valence-electron chi connectivity index (χ1n) is 7.18. The molecule has 0 amide bonds. The fourth-order valence-electron chi connectivity index (χ4n) is 3.34. The zero-order valence-corrected chi connectivity index (χ0v) is 12.7. The first-order chi connectivity index (χ1) is 8.24. The van der Waals surface area contributed by atoms with E-state index in [1.807, 2.05) is 0 Å². The van der Waals surface area contributed by atoms with Crippen molar-refractivity contribution in [3.63, 3.8) is 0 Å². The second-order valence-electron chi connectivity index (χ2n) is 7.08. The molecule has 1 nitrogen and oxygen atoms in total. The fourth-order valence-corrected chi connectivity index (χ4v) is 3.34. The van der Waals surface area contributed by atoms with Gasteiger partial charge >= 0.3 is 0 Å². The SMILES string of the molecule is CC(C)c1cc(C(C)C)c2c(c1)C(N)CC2(C)C. The number of fused-ring (bicyclic) bond motifs is 1. The monoisotopic (exact) mass is 245 g/mol. The lowest BCUT2D eigenvalue weighted by Crippen LogP contribution is -2.16. The van der Waals surface area contributed by atoms with Gasteiger partial charge in [-0.05, 0) is 45.9 Å². The molecule has 1 aliphatic carbocycles. The molecule has 0 aliphatic heterocycles. The summed E-state index contributed by atoms with van der Waals surface area (Å²) in [5, 5.41) is 0. The Morgan fingerprint density at radius 2 is 1.72 bits per heavy atom. The van der Waals surface area contributed by atoms with Crippen molar-refractivity contribution < 1.29 is 0 Å². The zero-order chi connectivity index (χ0) is 13.7. The van der Waals surface area contributed by atoms with Crippen LogP contribution in [0.5, 0.6) is 0 Å². The summed E-state index contributed by atoms with van der Waals surface area (Å²) in [4.78, 5) is 0. The Hall–Kier alpha value is -0.820. The van der Waals surface area contributed by atoms with Crippen molar-refractivity contribution in [2.75, 3.05) is 0 Å². The predicted octanol–water partition coefficient (Wildman–Crippen LogP) is 4.61. The van der Waals surface area contributed by atoms with E-state index in [4.69, 9.17) is 5.73 Å². The van der Waals surface area contributed by atoms with E-state index in [-0.39, 0.29) is 11.5 Å². The first kappa shape index (κ1) is 13.6. The van der Waals surface area contributed by atoms with Crippen LogP contribution < -0.4 is 5.73 Å². The van der Waals surface area contributed by atoms with E-state index in [9.17, 15) is 0 Å². The lowest BCUT2D eigenvalue weighted by atomic mass is 9.79. The Morgan fingerprint density at radius 1 is 1.11 bits per heavy atom. The Labute approximate surface area is 112 Å². The summed E-state index contributed by atoms with van der Waals surface area (Å²) < 4.78 is 0. The molecule has 100 valence electrons. The molecular formula is C17H27N. The Kier molecular flexibility index (Phi) is 3.31. The number of benzene rings is 1. The van der Waals surface area contributed by atoms with Crippen molar-refractivity contribution in [3.8, 4) is 0 Å². The highest BCUT2D eigenvalue weighted by Gasteiger charge is 2.37. The summed E-state index contributed by atoms with van der Waals surface area (Å²) in [6, 6.07) is 4.98. The van der Waals surface area contributed by atoms with Gasteiger partial charge in [-0.15, -0.1) is 0 Å². The van der Waals surface area contributed by atoms with Crippen molar-refractivity contribution in [1.29, 1.82) is 0 Å². The third kappa shape index (κ3) is 2.09. The molecule has 1 unspecified atom stereocenters. The molecule has 1 aromatic carbocycles. The maximum atomic E-state index is 6.36. The molecule has 0 aromatic heterocycles. The Balaban J connectivity index is 2.69. The fraction of sp³-hybridized carbons (Fsp3) is 0.647. The molecule has 1 aromatic rings. The number of nitrogens with two attached hydrogens (primary N) is 1. The lowest BCUT2D eigenvalue weighted by molar-refractivity contribution is 0.477. The molecule has 0 fully saturated rings. The van der Waals surface area contributed by atoms with Gasteiger partial charge in [-0.3, -0.25) is 0 Å². The van der Waals surface area contributed by atoms with Crippen LogP contribution in [0.3, 0.4) is 0 Å². The molecule has 1 atom stereocenters. The molecular weight excluding hydrogens is 218 g/mol. The number of hydrogen-bond donors (Lipinski definition) is 1. The van der Waals surface area contributed by atoms with E-state index in [0.717, 1.165) is 6.42 Å². The zero-order valence-electron chi connectivity index (χ0n) is 12.7. The van der Waals surface area contributed by atoms with Gasteiger partial charge in [0.25, 0.3) is 0 Å². The van der Waals surface area contributed by atoms with E-state index in [2.05, 4.69) is 53.7 Å². The number of hydrogen-bond acceptors (Lipinski definition) is 1. The van der Waals surface area contributed by atoms with Crippen LogP contribution in [0.4, 0.5) is 0 Å². The first-order valence-corrected chi connectivity index (χ1v) is 7.18. The number of rotatable bonds is 2. The average molecular weight is 245 g/mol. The minimum absolute atomic E-state index is 0.214. The minimum atomic E-state index is 0.214. The second kappa shape index (κ2) is 4.38. The van der Waals surface area contributed by atoms with Crippen LogP contribution in [-0.2, 0) is 5.41 Å². The predicted molar refractivity (Wildman–Crippen MR) is 79.2 cm³/mol. The van der Waals surface area contributed by atoms with Gasteiger partial charge in [-0.1, -0.05) is 53.7 Å². The molecule has 0 saturated carbocycles. The largest absolute Gasteiger partial charge is 0.324 e. The highest BCUT2D eigenvalue weighted by molar-refractivity contribution is 5.50. The standard InChI is InChI=1S/C17H27N/c1-10(2)12-7-13(11(3)4)16-14(8-12)15(18)9-17(16,5)6/h7-8,10-11,15H,9,18H2,1-6H3. The molecule has 0 bridgehead atoms. The van der Waals surface area contributed by atoms with Crippen molar-refractivity contribution in [2.45, 2.75) is 71.3 Å². The van der Waals surface area contributed by atoms with E-state index in [1.54, 1.807) is 0 Å². The molecule has 0 spiro atoms. The van der Waals surface area contributed by atoms with Crippen molar-refractivity contribution in [3.05, 3.63) is 34.4 Å². The van der Waals surface area contributed by atoms with Gasteiger partial charge in [0, 0.05) is 6.04 Å². The van der Waals surface area contributed by atoms with E-state index in [1.165, 1.54) is 22.3 Å². The normalized spacial score (nSPS) is 21.7. The van der Waals surface area contributed by atoms with E-state index < -0.39 is 0 Å². The second-order valence-corrected chi connectivity index (χ2v) is 7.08. The summed E-state index contributed by atoms with van der Waals surface area (Å²) in [6.45, 7) is 13.8. The third-order valence-corrected chi connectivity index (χ3v) is 4.32. The third-order valence-electron chi connectivity index (χ3n) is 4.32. The molecule has 1 aliphatic rings. The van der Waals surface area contributed by atoms with E-state index in [0.29, 0.717) is 11.8 Å². The molecule has 18 heavy (non-hydrogen) atoms. The smallest absolute Gasteiger partial charge is 0.0306 e. The summed E-state index contributed by atoms with van der Waals surface area (Å²) >= 11 is 0. The minimum Gasteiger partial charge on any atom is -0.324 e. The van der Waals surface area contributed by atoms with Gasteiger partial charge in [0.05, 0.1) is 0 Å². The van der Waals surface area contributed by atoms with Crippen LogP contribution in [0.25, 0.3) is 0 Å². The van der Waals surface area contributed by atoms with Gasteiger partial charge in [0.15, 0.2) is 0 Å². The maximum absolute atomic E-state index is 6.36. The molecule has 2 rings (SSSR count). The topological polar surface area (TPSA) is 26.0 Å². The van der Waals surface area contributed by atoms with Gasteiger partial charge in [0.1, 0.15) is 0 Å². The van der Waals surface area contributed by atoms with Crippen LogP contribution in [0.2, 0.25) is 0 Å². The lowest BCUT2D eigenvalue weighted by Gasteiger charge is -2.25. The summed E-state index contributed by atoms with van der Waals surface area (Å²) in [6.07, 6.45) is 1.07. The van der Waals surface area contributed by atoms with Crippen LogP contribution in [0, 0.1) is 0 Å². The molecule has 0 radical (unpaired) electrons. The van der Waals surface area contributed by atoms with E-state index >= 15 is 0 Å². The van der Waals surface area contributed by atoms with Crippen LogP contribution in [0.1, 0.15) is 88.1 Å². The maximum Gasteiger partial charge on any atom is 0.0306 e. The molecule has 0 saturated heterocycles. The Morgan fingerprint density at radius 3 is 2.22 bits per heavy atom.